The predicted octanol–water partition coefficient (Wildman–Crippen LogP) is 5.78. The molecule has 4 rings (SSSR count). The number of hydrogen-bond donors (Lipinski definition) is 1. The van der Waals surface area contributed by atoms with Crippen molar-refractivity contribution in [2.24, 2.45) is 5.92 Å². The minimum atomic E-state index is -4.88. The van der Waals surface area contributed by atoms with Crippen LogP contribution < -0.4 is 10.2 Å². The Kier molecular flexibility index (Phi) is 7.32. The number of hydrogen-bond acceptors (Lipinski definition) is 6. The standard InChI is InChI=1S/C26H26F3N3O4/c1-16(35-17(2)33)18-12-14-32(15-13-18)21-10-8-20(9-11-21)30-24(34)22-23(26(27,28)29)36-25(31-22)19-6-4-3-5-7-19/h3-11,16,18H,12-15H2,1-2H3,(H,30,34). The lowest BCUT2D eigenvalue weighted by Gasteiger charge is -2.35. The Hall–Kier alpha value is -3.82. The smallest absolute Gasteiger partial charge is 0.452 e. The molecule has 10 heteroatoms. The van der Waals surface area contributed by atoms with Gasteiger partial charge in [-0.3, -0.25) is 9.59 Å². The van der Waals surface area contributed by atoms with Gasteiger partial charge in [0.15, 0.2) is 5.69 Å². The predicted molar refractivity (Wildman–Crippen MR) is 128 cm³/mol. The quantitative estimate of drug-likeness (QED) is 0.431. The van der Waals surface area contributed by atoms with Crippen molar-refractivity contribution in [1.29, 1.82) is 0 Å². The number of benzene rings is 2. The molecule has 0 bridgehead atoms. The highest BCUT2D eigenvalue weighted by molar-refractivity contribution is 6.04. The lowest BCUT2D eigenvalue weighted by Crippen LogP contribution is -2.38. The summed E-state index contributed by atoms with van der Waals surface area (Å²) in [5, 5.41) is 2.48. The maximum atomic E-state index is 13.5. The zero-order chi connectivity index (χ0) is 25.9. The second-order valence-corrected chi connectivity index (χ2v) is 8.70. The number of anilines is 2. The summed E-state index contributed by atoms with van der Waals surface area (Å²) in [6.07, 6.45) is -3.29. The highest BCUT2D eigenvalue weighted by atomic mass is 19.4. The van der Waals surface area contributed by atoms with Crippen LogP contribution >= 0.6 is 0 Å². The fraction of sp³-hybridized carbons (Fsp3) is 0.346. The van der Waals surface area contributed by atoms with Crippen molar-refractivity contribution in [3.8, 4) is 11.5 Å². The van der Waals surface area contributed by atoms with E-state index in [2.05, 4.69) is 15.2 Å². The van der Waals surface area contributed by atoms with E-state index in [4.69, 9.17) is 9.15 Å². The molecule has 2 heterocycles. The maximum absolute atomic E-state index is 13.5. The van der Waals surface area contributed by atoms with Crippen molar-refractivity contribution in [2.45, 2.75) is 39.0 Å². The van der Waals surface area contributed by atoms with Crippen LogP contribution in [-0.2, 0) is 15.7 Å². The normalized spacial score (nSPS) is 15.4. The van der Waals surface area contributed by atoms with Gasteiger partial charge in [-0.25, -0.2) is 4.98 Å². The largest absolute Gasteiger partial charge is 0.463 e. The molecule has 1 N–H and O–H groups in total. The number of esters is 1. The summed E-state index contributed by atoms with van der Waals surface area (Å²) in [6.45, 7) is 4.86. The van der Waals surface area contributed by atoms with Crippen molar-refractivity contribution in [3.05, 3.63) is 66.1 Å². The number of rotatable bonds is 6. The van der Waals surface area contributed by atoms with E-state index in [-0.39, 0.29) is 23.9 Å². The van der Waals surface area contributed by atoms with Crippen molar-refractivity contribution in [1.82, 2.24) is 4.98 Å². The van der Waals surface area contributed by atoms with E-state index in [0.717, 1.165) is 31.6 Å². The molecule has 1 aliphatic heterocycles. The molecule has 1 atom stereocenters. The van der Waals surface area contributed by atoms with Crippen molar-refractivity contribution in [3.63, 3.8) is 0 Å². The van der Waals surface area contributed by atoms with Gasteiger partial charge in [0, 0.05) is 37.0 Å². The summed E-state index contributed by atoms with van der Waals surface area (Å²) in [7, 11) is 0. The highest BCUT2D eigenvalue weighted by Gasteiger charge is 2.42. The van der Waals surface area contributed by atoms with Crippen LogP contribution in [0.4, 0.5) is 24.5 Å². The van der Waals surface area contributed by atoms with E-state index in [1.807, 2.05) is 6.92 Å². The number of carbonyl (C=O) groups excluding carboxylic acids is 2. The minimum Gasteiger partial charge on any atom is -0.463 e. The number of nitrogens with one attached hydrogen (secondary N) is 1. The van der Waals surface area contributed by atoms with E-state index in [9.17, 15) is 22.8 Å². The third kappa shape index (κ3) is 5.87. The van der Waals surface area contributed by atoms with E-state index in [1.54, 1.807) is 54.6 Å². The van der Waals surface area contributed by atoms with Crippen LogP contribution in [0.15, 0.2) is 59.0 Å². The lowest BCUT2D eigenvalue weighted by atomic mass is 9.91. The van der Waals surface area contributed by atoms with Gasteiger partial charge in [-0.1, -0.05) is 18.2 Å². The van der Waals surface area contributed by atoms with Crippen LogP contribution in [0.2, 0.25) is 0 Å². The zero-order valence-corrected chi connectivity index (χ0v) is 19.8. The summed E-state index contributed by atoms with van der Waals surface area (Å²) in [6, 6.07) is 14.9. The first kappa shape index (κ1) is 25.3. The van der Waals surface area contributed by atoms with Crippen LogP contribution in [-0.4, -0.2) is 36.1 Å². The van der Waals surface area contributed by atoms with Gasteiger partial charge < -0.3 is 19.4 Å². The van der Waals surface area contributed by atoms with Crippen LogP contribution in [0.25, 0.3) is 11.5 Å². The molecule has 3 aromatic rings. The van der Waals surface area contributed by atoms with Crippen LogP contribution in [0.5, 0.6) is 0 Å². The first-order valence-electron chi connectivity index (χ1n) is 11.6. The Bertz CT molecular complexity index is 1200. The summed E-state index contributed by atoms with van der Waals surface area (Å²) in [5.74, 6) is -2.74. The summed E-state index contributed by atoms with van der Waals surface area (Å²) < 4.78 is 50.8. The summed E-state index contributed by atoms with van der Waals surface area (Å²) in [5.41, 5.74) is 0.765. The Morgan fingerprint density at radius 3 is 2.31 bits per heavy atom. The molecule has 0 aliphatic carbocycles. The van der Waals surface area contributed by atoms with Gasteiger partial charge in [0.2, 0.25) is 11.7 Å². The molecule has 0 saturated carbocycles. The van der Waals surface area contributed by atoms with Crippen LogP contribution in [0.3, 0.4) is 0 Å². The van der Waals surface area contributed by atoms with Crippen molar-refractivity contribution >= 4 is 23.3 Å². The number of nitrogens with zero attached hydrogens (tertiary/aromatic N) is 2. The highest BCUT2D eigenvalue weighted by Crippen LogP contribution is 2.35. The third-order valence-corrected chi connectivity index (χ3v) is 6.17. The number of alkyl halides is 3. The van der Waals surface area contributed by atoms with Gasteiger partial charge in [0.1, 0.15) is 6.10 Å². The molecule has 190 valence electrons. The summed E-state index contributed by atoms with van der Waals surface area (Å²) >= 11 is 0. The number of amides is 1. The average Bonchev–Trinajstić information content (AvgIpc) is 3.31. The SMILES string of the molecule is CC(=O)OC(C)C1CCN(c2ccc(NC(=O)c3nc(-c4ccccc4)oc3C(F)(F)F)cc2)CC1. The van der Waals surface area contributed by atoms with Crippen molar-refractivity contribution < 1.29 is 31.9 Å². The lowest BCUT2D eigenvalue weighted by molar-refractivity contribution is -0.153. The Balaban J connectivity index is 1.43. The number of ether oxygens (including phenoxy) is 1. The molecule has 1 amide bonds. The van der Waals surface area contributed by atoms with Gasteiger partial charge in [-0.2, -0.15) is 13.2 Å². The average molecular weight is 502 g/mol. The number of carbonyl (C=O) groups is 2. The number of halogens is 3. The fourth-order valence-electron chi connectivity index (χ4n) is 4.30. The number of oxazole rings is 1. The van der Waals surface area contributed by atoms with Gasteiger partial charge in [-0.05, 0) is 62.1 Å². The van der Waals surface area contributed by atoms with E-state index < -0.39 is 23.5 Å². The molecule has 1 aromatic heterocycles. The number of aromatic nitrogens is 1. The molecule has 1 fully saturated rings. The molecule has 2 aromatic carbocycles. The molecule has 1 unspecified atom stereocenters. The number of piperidine rings is 1. The molecule has 0 spiro atoms. The van der Waals surface area contributed by atoms with Gasteiger partial charge in [0.05, 0.1) is 0 Å². The van der Waals surface area contributed by atoms with E-state index in [0.29, 0.717) is 11.3 Å². The third-order valence-electron chi connectivity index (χ3n) is 6.17. The second kappa shape index (κ2) is 10.4. The summed E-state index contributed by atoms with van der Waals surface area (Å²) in [4.78, 5) is 29.9. The molecule has 36 heavy (non-hydrogen) atoms. The zero-order valence-electron chi connectivity index (χ0n) is 19.8. The molecule has 7 nitrogen and oxygen atoms in total. The van der Waals surface area contributed by atoms with Crippen molar-refractivity contribution in [2.75, 3.05) is 23.3 Å². The molecule has 0 radical (unpaired) electrons. The maximum Gasteiger partial charge on any atom is 0.452 e. The first-order valence-corrected chi connectivity index (χ1v) is 11.6. The second-order valence-electron chi connectivity index (χ2n) is 8.70. The fourth-order valence-corrected chi connectivity index (χ4v) is 4.30. The Labute approximate surface area is 206 Å². The Morgan fingerprint density at radius 2 is 1.72 bits per heavy atom. The molecular weight excluding hydrogens is 475 g/mol. The Morgan fingerprint density at radius 1 is 1.08 bits per heavy atom. The van der Waals surface area contributed by atoms with E-state index >= 15 is 0 Å². The topological polar surface area (TPSA) is 84.7 Å². The monoisotopic (exact) mass is 501 g/mol. The van der Waals surface area contributed by atoms with Crippen LogP contribution in [0.1, 0.15) is 42.9 Å². The molecule has 1 saturated heterocycles. The van der Waals surface area contributed by atoms with Gasteiger partial charge in [0.25, 0.3) is 5.91 Å². The molecular formula is C26H26F3N3O4. The minimum absolute atomic E-state index is 0.136. The van der Waals surface area contributed by atoms with Crippen LogP contribution in [0, 0.1) is 5.92 Å². The van der Waals surface area contributed by atoms with Gasteiger partial charge in [-0.15, -0.1) is 0 Å². The van der Waals surface area contributed by atoms with E-state index in [1.165, 1.54) is 6.92 Å². The molecule has 1 aliphatic rings. The first-order chi connectivity index (χ1) is 17.1. The van der Waals surface area contributed by atoms with Gasteiger partial charge >= 0.3 is 12.1 Å².